The van der Waals surface area contributed by atoms with Crippen molar-refractivity contribution >= 4 is 23.3 Å². The first kappa shape index (κ1) is 15.4. The van der Waals surface area contributed by atoms with Crippen LogP contribution in [0.5, 0.6) is 0 Å². The van der Waals surface area contributed by atoms with Gasteiger partial charge in [-0.3, -0.25) is 4.79 Å². The SMILES string of the molecule is CC(CC(N)=NO)NC(=O)c1snnc1C(C)(C)C. The molecule has 0 aliphatic rings. The molecule has 7 nitrogen and oxygen atoms in total. The first-order chi connectivity index (χ1) is 8.75. The van der Waals surface area contributed by atoms with Crippen molar-refractivity contribution in [3.63, 3.8) is 0 Å². The Balaban J connectivity index is 2.77. The summed E-state index contributed by atoms with van der Waals surface area (Å²) in [5.41, 5.74) is 5.82. The minimum absolute atomic E-state index is 0.0753. The van der Waals surface area contributed by atoms with Gasteiger partial charge in [-0.05, 0) is 18.5 Å². The third-order valence-corrected chi connectivity index (χ3v) is 3.15. The van der Waals surface area contributed by atoms with E-state index in [2.05, 4.69) is 20.1 Å². The van der Waals surface area contributed by atoms with Gasteiger partial charge in [0, 0.05) is 17.9 Å². The number of nitrogens with one attached hydrogen (secondary N) is 1. The van der Waals surface area contributed by atoms with Crippen LogP contribution in [0.4, 0.5) is 0 Å². The van der Waals surface area contributed by atoms with E-state index in [9.17, 15) is 4.79 Å². The number of carbonyl (C=O) groups excluding carboxylic acids is 1. The van der Waals surface area contributed by atoms with Crippen molar-refractivity contribution in [2.45, 2.75) is 45.6 Å². The van der Waals surface area contributed by atoms with E-state index in [1.807, 2.05) is 20.8 Å². The summed E-state index contributed by atoms with van der Waals surface area (Å²) in [6, 6.07) is -0.238. The second-order valence-electron chi connectivity index (χ2n) is 5.37. The van der Waals surface area contributed by atoms with Gasteiger partial charge in [0.2, 0.25) is 0 Å². The summed E-state index contributed by atoms with van der Waals surface area (Å²) in [4.78, 5) is 12.6. The highest BCUT2D eigenvalue weighted by molar-refractivity contribution is 7.08. The molecule has 1 rings (SSSR count). The highest BCUT2D eigenvalue weighted by atomic mass is 32.1. The largest absolute Gasteiger partial charge is 0.409 e. The third-order valence-electron chi connectivity index (χ3n) is 2.43. The minimum Gasteiger partial charge on any atom is -0.409 e. The Bertz CT molecular complexity index is 478. The van der Waals surface area contributed by atoms with Gasteiger partial charge >= 0.3 is 0 Å². The number of aromatic nitrogens is 2. The number of hydrogen-bond donors (Lipinski definition) is 3. The van der Waals surface area contributed by atoms with Crippen molar-refractivity contribution in [2.24, 2.45) is 10.9 Å². The van der Waals surface area contributed by atoms with E-state index >= 15 is 0 Å². The number of rotatable bonds is 4. The zero-order valence-corrected chi connectivity index (χ0v) is 12.3. The lowest BCUT2D eigenvalue weighted by Gasteiger charge is -2.17. The fourth-order valence-electron chi connectivity index (χ4n) is 1.53. The summed E-state index contributed by atoms with van der Waals surface area (Å²) in [5.74, 6) is -0.163. The lowest BCUT2D eigenvalue weighted by atomic mass is 9.91. The Morgan fingerprint density at radius 2 is 2.21 bits per heavy atom. The van der Waals surface area contributed by atoms with Crippen LogP contribution in [0.1, 0.15) is 49.5 Å². The van der Waals surface area contributed by atoms with Gasteiger partial charge < -0.3 is 16.3 Å². The van der Waals surface area contributed by atoms with E-state index in [1.165, 1.54) is 0 Å². The number of nitrogens with zero attached hydrogens (tertiary/aromatic N) is 3. The number of amidine groups is 1. The zero-order chi connectivity index (χ0) is 14.6. The molecule has 106 valence electrons. The van der Waals surface area contributed by atoms with Crippen molar-refractivity contribution in [1.29, 1.82) is 0 Å². The summed E-state index contributed by atoms with van der Waals surface area (Å²) in [6.45, 7) is 7.70. The molecular formula is C11H19N5O2S. The lowest BCUT2D eigenvalue weighted by Crippen LogP contribution is -2.36. The molecule has 19 heavy (non-hydrogen) atoms. The van der Waals surface area contributed by atoms with Crippen LogP contribution < -0.4 is 11.1 Å². The number of amides is 1. The molecule has 0 aliphatic carbocycles. The maximum atomic E-state index is 12.1. The maximum absolute atomic E-state index is 12.1. The Hall–Kier alpha value is -1.70. The minimum atomic E-state index is -0.242. The van der Waals surface area contributed by atoms with Gasteiger partial charge in [0.05, 0.1) is 5.69 Å². The monoisotopic (exact) mass is 285 g/mol. The molecule has 0 radical (unpaired) electrons. The van der Waals surface area contributed by atoms with E-state index in [4.69, 9.17) is 10.9 Å². The Kier molecular flexibility index (Phi) is 4.82. The standard InChI is InChI=1S/C11H19N5O2S/c1-6(5-7(12)15-18)13-10(17)8-9(11(2,3)4)14-16-19-8/h6,18H,5H2,1-4H3,(H2,12,15)(H,13,17). The number of oxime groups is 1. The van der Waals surface area contributed by atoms with Crippen molar-refractivity contribution < 1.29 is 10.0 Å². The molecule has 1 atom stereocenters. The van der Waals surface area contributed by atoms with Gasteiger partial charge in [-0.25, -0.2) is 0 Å². The second-order valence-corrected chi connectivity index (χ2v) is 6.12. The fourth-order valence-corrected chi connectivity index (χ4v) is 2.30. The molecule has 0 aliphatic heterocycles. The van der Waals surface area contributed by atoms with Crippen LogP contribution >= 0.6 is 11.5 Å². The average molecular weight is 285 g/mol. The van der Waals surface area contributed by atoms with Crippen LogP contribution in [0.15, 0.2) is 5.16 Å². The van der Waals surface area contributed by atoms with E-state index in [0.717, 1.165) is 11.5 Å². The summed E-state index contributed by atoms with van der Waals surface area (Å²) < 4.78 is 3.84. The summed E-state index contributed by atoms with van der Waals surface area (Å²) >= 11 is 1.07. The molecule has 8 heteroatoms. The van der Waals surface area contributed by atoms with Crippen molar-refractivity contribution in [1.82, 2.24) is 14.9 Å². The predicted molar refractivity (Wildman–Crippen MR) is 73.6 cm³/mol. The van der Waals surface area contributed by atoms with Crippen LogP contribution in [-0.2, 0) is 5.41 Å². The molecule has 1 aromatic rings. The summed E-state index contributed by atoms with van der Waals surface area (Å²) in [6.07, 6.45) is 0.277. The summed E-state index contributed by atoms with van der Waals surface area (Å²) in [7, 11) is 0. The van der Waals surface area contributed by atoms with E-state index in [1.54, 1.807) is 6.92 Å². The van der Waals surface area contributed by atoms with Crippen LogP contribution in [0.3, 0.4) is 0 Å². The summed E-state index contributed by atoms with van der Waals surface area (Å²) in [5, 5.41) is 18.2. The second kappa shape index (κ2) is 5.96. The molecule has 1 aromatic heterocycles. The van der Waals surface area contributed by atoms with Gasteiger partial charge in [-0.15, -0.1) is 5.10 Å². The molecule has 0 fully saturated rings. The quantitative estimate of drug-likeness (QED) is 0.332. The van der Waals surface area contributed by atoms with Gasteiger partial charge in [-0.2, -0.15) is 0 Å². The highest BCUT2D eigenvalue weighted by Gasteiger charge is 2.26. The molecule has 0 saturated heterocycles. The molecule has 1 amide bonds. The topological polar surface area (TPSA) is 113 Å². The Morgan fingerprint density at radius 3 is 2.74 bits per heavy atom. The van der Waals surface area contributed by atoms with Crippen LogP contribution in [0.2, 0.25) is 0 Å². The maximum Gasteiger partial charge on any atom is 0.265 e. The molecule has 0 aromatic carbocycles. The van der Waals surface area contributed by atoms with Gasteiger partial charge in [0.15, 0.2) is 0 Å². The Morgan fingerprint density at radius 1 is 1.58 bits per heavy atom. The Labute approximate surface area is 116 Å². The molecule has 4 N–H and O–H groups in total. The molecular weight excluding hydrogens is 266 g/mol. The molecule has 0 saturated carbocycles. The lowest BCUT2D eigenvalue weighted by molar-refractivity contribution is 0.0942. The van der Waals surface area contributed by atoms with Gasteiger partial charge in [0.25, 0.3) is 5.91 Å². The third kappa shape index (κ3) is 4.16. The zero-order valence-electron chi connectivity index (χ0n) is 11.5. The first-order valence-electron chi connectivity index (χ1n) is 5.85. The number of nitrogens with two attached hydrogens (primary N) is 1. The van der Waals surface area contributed by atoms with Crippen LogP contribution in [-0.4, -0.2) is 32.6 Å². The number of carbonyl (C=O) groups is 1. The van der Waals surface area contributed by atoms with Crippen LogP contribution in [0.25, 0.3) is 0 Å². The smallest absolute Gasteiger partial charge is 0.265 e. The molecule has 1 heterocycles. The predicted octanol–water partition coefficient (Wildman–Crippen LogP) is 1.09. The molecule has 0 spiro atoms. The van der Waals surface area contributed by atoms with Crippen molar-refractivity contribution in [2.75, 3.05) is 0 Å². The van der Waals surface area contributed by atoms with Crippen molar-refractivity contribution in [3.05, 3.63) is 10.6 Å². The highest BCUT2D eigenvalue weighted by Crippen LogP contribution is 2.25. The normalized spacial score (nSPS) is 14.2. The number of hydrogen-bond acceptors (Lipinski definition) is 6. The molecule has 1 unspecified atom stereocenters. The van der Waals surface area contributed by atoms with Gasteiger partial charge in [0.1, 0.15) is 10.7 Å². The van der Waals surface area contributed by atoms with Crippen LogP contribution in [0, 0.1) is 0 Å². The first-order valence-corrected chi connectivity index (χ1v) is 6.63. The molecule has 0 bridgehead atoms. The van der Waals surface area contributed by atoms with E-state index in [-0.39, 0.29) is 29.6 Å². The van der Waals surface area contributed by atoms with E-state index in [0.29, 0.717) is 10.6 Å². The van der Waals surface area contributed by atoms with Crippen molar-refractivity contribution in [3.8, 4) is 0 Å². The fraction of sp³-hybridized carbons (Fsp3) is 0.636. The average Bonchev–Trinajstić information content (AvgIpc) is 2.76. The van der Waals surface area contributed by atoms with E-state index < -0.39 is 0 Å². The van der Waals surface area contributed by atoms with Gasteiger partial charge in [-0.1, -0.05) is 30.4 Å².